The van der Waals surface area contributed by atoms with E-state index >= 15 is 0 Å². The number of rotatable bonds is 7. The predicted octanol–water partition coefficient (Wildman–Crippen LogP) is 5.04. The number of methoxy groups -OCH3 is 1. The minimum Gasteiger partial charge on any atom is -0.491 e. The normalized spacial score (nSPS) is 17.3. The Morgan fingerprint density at radius 1 is 1.07 bits per heavy atom. The van der Waals surface area contributed by atoms with Crippen molar-refractivity contribution in [2.45, 2.75) is 65.0 Å². The molecule has 6 rings (SSSR count). The number of aromatic nitrogens is 4. The van der Waals surface area contributed by atoms with Crippen LogP contribution in [0.2, 0.25) is 5.02 Å². The number of hydrogen-bond acceptors (Lipinski definition) is 7. The van der Waals surface area contributed by atoms with Crippen molar-refractivity contribution >= 4 is 23.1 Å². The first kappa shape index (κ1) is 28.4. The fraction of sp³-hybridized carbons (Fsp3) is 0.438. The molecule has 0 spiro atoms. The third-order valence-corrected chi connectivity index (χ3v) is 8.78. The van der Waals surface area contributed by atoms with Gasteiger partial charge in [-0.1, -0.05) is 18.0 Å². The van der Waals surface area contributed by atoms with Crippen LogP contribution in [0.1, 0.15) is 58.9 Å². The molecule has 1 fully saturated rings. The van der Waals surface area contributed by atoms with Gasteiger partial charge in [0.25, 0.3) is 5.56 Å². The molecule has 10 heteroatoms. The van der Waals surface area contributed by atoms with Crippen LogP contribution in [0.25, 0.3) is 16.6 Å². The summed E-state index contributed by atoms with van der Waals surface area (Å²) in [5.74, 6) is 0.864. The molecule has 1 aliphatic carbocycles. The van der Waals surface area contributed by atoms with E-state index in [1.165, 1.54) is 26.4 Å². The van der Waals surface area contributed by atoms with Crippen molar-refractivity contribution in [3.8, 4) is 16.9 Å². The van der Waals surface area contributed by atoms with Crippen LogP contribution >= 0.6 is 11.6 Å². The Kier molecular flexibility index (Phi) is 8.05. The number of carbonyl (C=O) groups is 1. The van der Waals surface area contributed by atoms with Crippen LogP contribution in [0.15, 0.2) is 41.2 Å². The Balaban J connectivity index is 1.26. The highest BCUT2D eigenvalue weighted by molar-refractivity contribution is 6.31. The van der Waals surface area contributed by atoms with Crippen LogP contribution < -0.4 is 10.3 Å². The van der Waals surface area contributed by atoms with Gasteiger partial charge in [0.15, 0.2) is 5.69 Å². The zero-order chi connectivity index (χ0) is 29.4. The number of hydrogen-bond donors (Lipinski definition) is 0. The molecular formula is C32H36ClN5O4. The summed E-state index contributed by atoms with van der Waals surface area (Å²) in [5, 5.41) is 5.08. The van der Waals surface area contributed by atoms with E-state index in [-0.39, 0.29) is 12.2 Å². The molecule has 9 nitrogen and oxygen atoms in total. The number of esters is 1. The highest BCUT2D eigenvalue weighted by Crippen LogP contribution is 2.36. The van der Waals surface area contributed by atoms with Crippen molar-refractivity contribution < 1.29 is 14.3 Å². The lowest BCUT2D eigenvalue weighted by molar-refractivity contribution is 0.0591. The molecule has 1 aliphatic heterocycles. The Hall–Kier alpha value is -3.69. The second-order valence-electron chi connectivity index (χ2n) is 11.2. The van der Waals surface area contributed by atoms with Crippen LogP contribution in [-0.4, -0.2) is 62.9 Å². The summed E-state index contributed by atoms with van der Waals surface area (Å²) in [6.07, 6.45) is 6.47. The fourth-order valence-electron chi connectivity index (χ4n) is 6.44. The van der Waals surface area contributed by atoms with E-state index in [2.05, 4.69) is 10.00 Å². The highest BCUT2D eigenvalue weighted by Gasteiger charge is 2.29. The fourth-order valence-corrected chi connectivity index (χ4v) is 6.61. The summed E-state index contributed by atoms with van der Waals surface area (Å²) in [6.45, 7) is 6.67. The summed E-state index contributed by atoms with van der Waals surface area (Å²) in [6, 6.07) is 11.3. The van der Waals surface area contributed by atoms with Gasteiger partial charge in [-0.3, -0.25) is 9.36 Å². The lowest BCUT2D eigenvalue weighted by atomic mass is 9.90. The van der Waals surface area contributed by atoms with Gasteiger partial charge >= 0.3 is 5.97 Å². The molecule has 3 aromatic heterocycles. The summed E-state index contributed by atoms with van der Waals surface area (Å²) in [5.41, 5.74) is 5.23. The molecule has 4 heterocycles. The van der Waals surface area contributed by atoms with E-state index in [9.17, 15) is 9.59 Å². The van der Waals surface area contributed by atoms with Crippen LogP contribution in [0.4, 0.5) is 0 Å². The van der Waals surface area contributed by atoms with Gasteiger partial charge in [-0.25, -0.2) is 14.3 Å². The molecule has 4 aromatic rings. The number of carbonyl (C=O) groups excluding carboxylic acids is 1. The number of piperidine rings is 1. The minimum absolute atomic E-state index is 0.0501. The number of halogens is 1. The summed E-state index contributed by atoms with van der Waals surface area (Å²) in [7, 11) is 1.35. The largest absolute Gasteiger partial charge is 0.491 e. The van der Waals surface area contributed by atoms with Crippen LogP contribution in [0.5, 0.6) is 5.75 Å². The first-order valence-corrected chi connectivity index (χ1v) is 15.1. The monoisotopic (exact) mass is 589 g/mol. The molecule has 0 amide bonds. The molecule has 1 aromatic carbocycles. The zero-order valence-corrected chi connectivity index (χ0v) is 25.1. The van der Waals surface area contributed by atoms with Gasteiger partial charge in [-0.05, 0) is 95.4 Å². The van der Waals surface area contributed by atoms with Gasteiger partial charge in [0, 0.05) is 27.8 Å². The van der Waals surface area contributed by atoms with Crippen molar-refractivity contribution in [2.24, 2.45) is 0 Å². The predicted molar refractivity (Wildman–Crippen MR) is 162 cm³/mol. The van der Waals surface area contributed by atoms with Crippen LogP contribution in [0, 0.1) is 13.8 Å². The maximum absolute atomic E-state index is 13.7. The van der Waals surface area contributed by atoms with E-state index in [1.54, 1.807) is 21.2 Å². The van der Waals surface area contributed by atoms with E-state index < -0.39 is 5.97 Å². The van der Waals surface area contributed by atoms with Gasteiger partial charge < -0.3 is 14.4 Å². The Morgan fingerprint density at radius 3 is 2.67 bits per heavy atom. The van der Waals surface area contributed by atoms with Gasteiger partial charge in [-0.15, -0.1) is 0 Å². The summed E-state index contributed by atoms with van der Waals surface area (Å²) in [4.78, 5) is 33.4. The third kappa shape index (κ3) is 5.43. The second kappa shape index (κ2) is 11.9. The standard InChI is InChI=1S/C32H36ClN5O4/c1-20-17-24(28-10-11-29(32(40)41-3)38(28)35-20)25-18-22(33)7-12-30(25)42-16-15-37-21(2)34-27-9-8-23(19-26(27)31(37)39)36-13-5-4-6-14-36/h7,10-12,17-18,23H,4-6,8-9,13-16,19H2,1-3H3. The maximum atomic E-state index is 13.7. The zero-order valence-electron chi connectivity index (χ0n) is 24.4. The second-order valence-corrected chi connectivity index (χ2v) is 11.7. The van der Waals surface area contributed by atoms with Crippen LogP contribution in [-0.2, 0) is 24.1 Å². The first-order chi connectivity index (χ1) is 20.3. The smallest absolute Gasteiger partial charge is 0.356 e. The van der Waals surface area contributed by atoms with Crippen LogP contribution in [0.3, 0.4) is 0 Å². The molecule has 2 aliphatic rings. The molecular weight excluding hydrogens is 554 g/mol. The quantitative estimate of drug-likeness (QED) is 0.279. The SMILES string of the molecule is COC(=O)c1ccc2c(-c3cc(Cl)ccc3OCCn3c(C)nc4c(c3=O)CC(N3CCCCC3)CC4)cc(C)nn12. The maximum Gasteiger partial charge on any atom is 0.356 e. The Labute approximate surface area is 250 Å². The molecule has 1 saturated heterocycles. The van der Waals surface area contributed by atoms with Crippen molar-refractivity contribution in [1.29, 1.82) is 0 Å². The number of benzene rings is 1. The molecule has 1 atom stereocenters. The summed E-state index contributed by atoms with van der Waals surface area (Å²) < 4.78 is 14.6. The van der Waals surface area contributed by atoms with E-state index in [0.717, 1.165) is 65.9 Å². The molecule has 0 N–H and O–H groups in total. The van der Waals surface area contributed by atoms with Crippen molar-refractivity contribution in [3.05, 3.63) is 80.2 Å². The molecule has 42 heavy (non-hydrogen) atoms. The Morgan fingerprint density at radius 2 is 1.88 bits per heavy atom. The number of ether oxygens (including phenoxy) is 2. The van der Waals surface area contributed by atoms with E-state index in [1.807, 2.05) is 38.1 Å². The average Bonchev–Trinajstić information content (AvgIpc) is 3.42. The molecule has 0 radical (unpaired) electrons. The molecule has 1 unspecified atom stereocenters. The minimum atomic E-state index is -0.469. The lowest BCUT2D eigenvalue weighted by Gasteiger charge is -2.37. The average molecular weight is 590 g/mol. The molecule has 220 valence electrons. The van der Waals surface area contributed by atoms with Gasteiger partial charge in [0.2, 0.25) is 0 Å². The summed E-state index contributed by atoms with van der Waals surface area (Å²) >= 11 is 6.43. The van der Waals surface area contributed by atoms with Crippen molar-refractivity contribution in [3.63, 3.8) is 0 Å². The number of likely N-dealkylation sites (tertiary alicyclic amines) is 1. The van der Waals surface area contributed by atoms with E-state index in [4.69, 9.17) is 26.1 Å². The number of fused-ring (bicyclic) bond motifs is 2. The third-order valence-electron chi connectivity index (χ3n) is 8.54. The topological polar surface area (TPSA) is 91.0 Å². The number of nitrogens with zero attached hydrogens (tertiary/aromatic N) is 5. The Bertz CT molecular complexity index is 1710. The lowest BCUT2D eigenvalue weighted by Crippen LogP contribution is -2.45. The van der Waals surface area contributed by atoms with Crippen molar-refractivity contribution in [2.75, 3.05) is 26.8 Å². The molecule has 0 saturated carbocycles. The van der Waals surface area contributed by atoms with E-state index in [0.29, 0.717) is 34.9 Å². The molecule has 0 bridgehead atoms. The van der Waals surface area contributed by atoms with Gasteiger partial charge in [0.05, 0.1) is 30.6 Å². The van der Waals surface area contributed by atoms with Gasteiger partial charge in [0.1, 0.15) is 18.2 Å². The van der Waals surface area contributed by atoms with Crippen molar-refractivity contribution in [1.82, 2.24) is 24.1 Å². The first-order valence-electron chi connectivity index (χ1n) is 14.7. The van der Waals surface area contributed by atoms with Gasteiger partial charge in [-0.2, -0.15) is 5.10 Å². The highest BCUT2D eigenvalue weighted by atomic mass is 35.5. The number of aryl methyl sites for hydroxylation is 3.